The van der Waals surface area contributed by atoms with Gasteiger partial charge in [0.2, 0.25) is 5.91 Å². The Balaban J connectivity index is 2.05. The predicted octanol–water partition coefficient (Wildman–Crippen LogP) is 1.19. The molecule has 4 nitrogen and oxygen atoms in total. The highest BCUT2D eigenvalue weighted by atomic mass is 16.5. The number of para-hydroxylation sites is 1. The van der Waals surface area contributed by atoms with E-state index in [2.05, 4.69) is 11.4 Å². The Morgan fingerprint density at radius 2 is 2.17 bits per heavy atom. The average molecular weight is 248 g/mol. The zero-order valence-corrected chi connectivity index (χ0v) is 10.7. The van der Waals surface area contributed by atoms with Gasteiger partial charge >= 0.3 is 0 Å². The topological polar surface area (TPSA) is 64.3 Å². The Kier molecular flexibility index (Phi) is 3.87. The van der Waals surface area contributed by atoms with Crippen LogP contribution in [-0.4, -0.2) is 26.1 Å². The largest absolute Gasteiger partial charge is 0.496 e. The van der Waals surface area contributed by atoms with E-state index in [0.29, 0.717) is 19.5 Å². The van der Waals surface area contributed by atoms with Gasteiger partial charge < -0.3 is 15.8 Å². The molecule has 1 aromatic carbocycles. The van der Waals surface area contributed by atoms with Crippen molar-refractivity contribution < 1.29 is 9.53 Å². The molecule has 1 aliphatic carbocycles. The fourth-order valence-corrected chi connectivity index (χ4v) is 2.26. The molecule has 0 radical (unpaired) electrons. The molecule has 4 heteroatoms. The highest BCUT2D eigenvalue weighted by molar-refractivity contribution is 5.76. The van der Waals surface area contributed by atoms with Crippen LogP contribution in [0.1, 0.15) is 24.8 Å². The summed E-state index contributed by atoms with van der Waals surface area (Å²) in [5.41, 5.74) is 6.62. The summed E-state index contributed by atoms with van der Waals surface area (Å²) in [4.78, 5) is 11.5. The van der Waals surface area contributed by atoms with Crippen LogP contribution in [-0.2, 0) is 10.2 Å². The number of hydrogen-bond acceptors (Lipinski definition) is 3. The molecular formula is C14H20N2O2. The molecule has 18 heavy (non-hydrogen) atoms. The van der Waals surface area contributed by atoms with Crippen LogP contribution >= 0.6 is 0 Å². The number of ether oxygens (including phenoxy) is 1. The summed E-state index contributed by atoms with van der Waals surface area (Å²) in [6.07, 6.45) is 2.58. The monoisotopic (exact) mass is 248 g/mol. The summed E-state index contributed by atoms with van der Waals surface area (Å²) >= 11 is 0. The van der Waals surface area contributed by atoms with Gasteiger partial charge in [-0.1, -0.05) is 18.2 Å². The normalized spacial score (nSPS) is 16.1. The molecule has 1 aromatic rings. The highest BCUT2D eigenvalue weighted by Crippen LogP contribution is 2.50. The molecule has 1 amide bonds. The van der Waals surface area contributed by atoms with E-state index < -0.39 is 0 Å². The Hall–Kier alpha value is -1.55. The zero-order valence-electron chi connectivity index (χ0n) is 10.7. The van der Waals surface area contributed by atoms with Crippen molar-refractivity contribution in [2.45, 2.75) is 24.7 Å². The standard InChI is InChI=1S/C14H20N2O2/c1-18-12-5-3-2-4-11(12)14(7-8-14)10-16-13(17)6-9-15/h2-5H,6-10,15H2,1H3,(H,16,17). The summed E-state index contributed by atoms with van der Waals surface area (Å²) in [7, 11) is 1.68. The van der Waals surface area contributed by atoms with Crippen LogP contribution in [0, 0.1) is 0 Å². The predicted molar refractivity (Wildman–Crippen MR) is 70.6 cm³/mol. The molecule has 1 saturated carbocycles. The molecule has 0 atom stereocenters. The van der Waals surface area contributed by atoms with Crippen molar-refractivity contribution in [1.29, 1.82) is 0 Å². The molecule has 0 saturated heterocycles. The first-order chi connectivity index (χ1) is 8.72. The lowest BCUT2D eigenvalue weighted by atomic mass is 9.95. The van der Waals surface area contributed by atoms with Crippen molar-refractivity contribution in [1.82, 2.24) is 5.32 Å². The van der Waals surface area contributed by atoms with Crippen LogP contribution in [0.25, 0.3) is 0 Å². The molecule has 1 fully saturated rings. The summed E-state index contributed by atoms with van der Waals surface area (Å²) in [6.45, 7) is 1.07. The summed E-state index contributed by atoms with van der Waals surface area (Å²) in [6, 6.07) is 8.03. The fourth-order valence-electron chi connectivity index (χ4n) is 2.26. The maximum absolute atomic E-state index is 11.5. The van der Waals surface area contributed by atoms with E-state index in [1.54, 1.807) is 7.11 Å². The van der Waals surface area contributed by atoms with Gasteiger partial charge in [0, 0.05) is 30.5 Å². The quantitative estimate of drug-likeness (QED) is 0.795. The Morgan fingerprint density at radius 3 is 2.78 bits per heavy atom. The van der Waals surface area contributed by atoms with Crippen LogP contribution in [0.3, 0.4) is 0 Å². The van der Waals surface area contributed by atoms with E-state index in [1.165, 1.54) is 5.56 Å². The van der Waals surface area contributed by atoms with Crippen molar-refractivity contribution in [3.05, 3.63) is 29.8 Å². The zero-order chi connectivity index (χ0) is 13.0. The molecule has 0 unspecified atom stereocenters. The fraction of sp³-hybridized carbons (Fsp3) is 0.500. The molecular weight excluding hydrogens is 228 g/mol. The van der Waals surface area contributed by atoms with Crippen molar-refractivity contribution in [2.75, 3.05) is 20.2 Å². The number of rotatable bonds is 6. The highest BCUT2D eigenvalue weighted by Gasteiger charge is 2.46. The first-order valence-electron chi connectivity index (χ1n) is 6.32. The lowest BCUT2D eigenvalue weighted by molar-refractivity contribution is -0.121. The first-order valence-corrected chi connectivity index (χ1v) is 6.32. The third-order valence-electron chi connectivity index (χ3n) is 3.53. The smallest absolute Gasteiger partial charge is 0.221 e. The molecule has 1 aliphatic rings. The van der Waals surface area contributed by atoms with Gasteiger partial charge in [-0.3, -0.25) is 4.79 Å². The lowest BCUT2D eigenvalue weighted by Gasteiger charge is -2.19. The number of hydrogen-bond donors (Lipinski definition) is 2. The summed E-state index contributed by atoms with van der Waals surface area (Å²) in [5.74, 6) is 0.932. The molecule has 0 aliphatic heterocycles. The number of nitrogens with one attached hydrogen (secondary N) is 1. The number of carbonyl (C=O) groups excluding carboxylic acids is 1. The molecule has 0 aromatic heterocycles. The minimum Gasteiger partial charge on any atom is -0.496 e. The second-order valence-electron chi connectivity index (χ2n) is 4.80. The number of nitrogens with two attached hydrogens (primary N) is 1. The maximum atomic E-state index is 11.5. The van der Waals surface area contributed by atoms with Crippen molar-refractivity contribution in [3.63, 3.8) is 0 Å². The third-order valence-corrected chi connectivity index (χ3v) is 3.53. The Morgan fingerprint density at radius 1 is 1.44 bits per heavy atom. The minimum absolute atomic E-state index is 0.0265. The van der Waals surface area contributed by atoms with Crippen LogP contribution in [0.4, 0.5) is 0 Å². The van der Waals surface area contributed by atoms with Gasteiger partial charge in [0.05, 0.1) is 7.11 Å². The Bertz CT molecular complexity index is 428. The lowest BCUT2D eigenvalue weighted by Crippen LogP contribution is -2.33. The van der Waals surface area contributed by atoms with Crippen LogP contribution in [0.2, 0.25) is 0 Å². The molecule has 0 heterocycles. The second-order valence-corrected chi connectivity index (χ2v) is 4.80. The first kappa shape index (κ1) is 12.9. The Labute approximate surface area is 108 Å². The molecule has 0 bridgehead atoms. The van der Waals surface area contributed by atoms with Gasteiger partial charge in [-0.2, -0.15) is 0 Å². The van der Waals surface area contributed by atoms with Gasteiger partial charge in [-0.25, -0.2) is 0 Å². The number of carbonyl (C=O) groups is 1. The number of benzene rings is 1. The number of methoxy groups -OCH3 is 1. The van der Waals surface area contributed by atoms with Crippen LogP contribution in [0.15, 0.2) is 24.3 Å². The van der Waals surface area contributed by atoms with Crippen molar-refractivity contribution in [3.8, 4) is 5.75 Å². The van der Waals surface area contributed by atoms with E-state index in [0.717, 1.165) is 18.6 Å². The summed E-state index contributed by atoms with van der Waals surface area (Å²) < 4.78 is 5.39. The van der Waals surface area contributed by atoms with Gasteiger partial charge in [-0.05, 0) is 18.9 Å². The van der Waals surface area contributed by atoms with Crippen molar-refractivity contribution >= 4 is 5.91 Å². The van der Waals surface area contributed by atoms with E-state index in [4.69, 9.17) is 10.5 Å². The minimum atomic E-state index is 0.0265. The van der Waals surface area contributed by atoms with E-state index >= 15 is 0 Å². The van der Waals surface area contributed by atoms with Crippen LogP contribution in [0.5, 0.6) is 5.75 Å². The van der Waals surface area contributed by atoms with Gasteiger partial charge in [0.25, 0.3) is 0 Å². The van der Waals surface area contributed by atoms with Gasteiger partial charge in [-0.15, -0.1) is 0 Å². The van der Waals surface area contributed by atoms with Crippen molar-refractivity contribution in [2.24, 2.45) is 5.73 Å². The SMILES string of the molecule is COc1ccccc1C1(CNC(=O)CCN)CC1. The number of amides is 1. The van der Waals surface area contributed by atoms with Gasteiger partial charge in [0.15, 0.2) is 0 Å². The molecule has 98 valence electrons. The molecule has 2 rings (SSSR count). The molecule has 3 N–H and O–H groups in total. The van der Waals surface area contributed by atoms with E-state index in [9.17, 15) is 4.79 Å². The summed E-state index contributed by atoms with van der Waals surface area (Å²) in [5, 5.41) is 2.96. The van der Waals surface area contributed by atoms with E-state index in [-0.39, 0.29) is 11.3 Å². The maximum Gasteiger partial charge on any atom is 0.221 e. The van der Waals surface area contributed by atoms with E-state index in [1.807, 2.05) is 18.2 Å². The second kappa shape index (κ2) is 5.40. The average Bonchev–Trinajstić information content (AvgIpc) is 3.18. The molecule has 0 spiro atoms. The third kappa shape index (κ3) is 2.64. The van der Waals surface area contributed by atoms with Gasteiger partial charge in [0.1, 0.15) is 5.75 Å². The van der Waals surface area contributed by atoms with Crippen LogP contribution < -0.4 is 15.8 Å².